The number of nitrogens with zero attached hydrogens (tertiary/aromatic N) is 1. The summed E-state index contributed by atoms with van der Waals surface area (Å²) in [6, 6.07) is 1.85. The Morgan fingerprint density at radius 3 is 2.24 bits per heavy atom. The van der Waals surface area contributed by atoms with Crippen LogP contribution in [0.25, 0.3) is 10.6 Å². The van der Waals surface area contributed by atoms with E-state index >= 15 is 0 Å². The van der Waals surface area contributed by atoms with Crippen LogP contribution in [0.2, 0.25) is 0 Å². The lowest BCUT2D eigenvalue weighted by molar-refractivity contribution is 0.111. The average Bonchev–Trinajstić information content (AvgIpc) is 2.76. The monoisotopic (exact) mass is 253 g/mol. The van der Waals surface area contributed by atoms with Crippen LogP contribution in [0.15, 0.2) is 17.5 Å². The molecular formula is C11H5F2NO2S. The number of carbonyl (C=O) groups excluding carboxylic acids is 2. The summed E-state index contributed by atoms with van der Waals surface area (Å²) < 4.78 is 27.2. The second-order valence-electron chi connectivity index (χ2n) is 3.17. The Morgan fingerprint density at radius 2 is 1.76 bits per heavy atom. The van der Waals surface area contributed by atoms with Gasteiger partial charge >= 0.3 is 0 Å². The molecule has 0 spiro atoms. The van der Waals surface area contributed by atoms with Crippen molar-refractivity contribution in [2.75, 3.05) is 0 Å². The Hall–Kier alpha value is -1.95. The van der Waals surface area contributed by atoms with E-state index in [1.54, 1.807) is 0 Å². The van der Waals surface area contributed by atoms with Crippen LogP contribution in [-0.4, -0.2) is 17.6 Å². The lowest BCUT2D eigenvalue weighted by Crippen LogP contribution is -1.93. The number of carbonyl (C=O) groups is 2. The molecule has 6 heteroatoms. The molecule has 0 amide bonds. The Balaban J connectivity index is 2.58. The molecule has 0 unspecified atom stereocenters. The summed E-state index contributed by atoms with van der Waals surface area (Å²) in [5.74, 6) is -1.75. The lowest BCUT2D eigenvalue weighted by atomic mass is 10.1. The van der Waals surface area contributed by atoms with E-state index in [0.29, 0.717) is 12.6 Å². The van der Waals surface area contributed by atoms with Crippen molar-refractivity contribution in [3.8, 4) is 10.6 Å². The van der Waals surface area contributed by atoms with E-state index in [-0.39, 0.29) is 21.8 Å². The van der Waals surface area contributed by atoms with Gasteiger partial charge in [-0.15, -0.1) is 11.3 Å². The highest BCUT2D eigenvalue weighted by molar-refractivity contribution is 7.13. The molecule has 0 bridgehead atoms. The molecular weight excluding hydrogens is 248 g/mol. The van der Waals surface area contributed by atoms with E-state index in [1.165, 1.54) is 5.38 Å². The van der Waals surface area contributed by atoms with Gasteiger partial charge in [0, 0.05) is 10.9 Å². The van der Waals surface area contributed by atoms with Crippen molar-refractivity contribution in [3.63, 3.8) is 0 Å². The van der Waals surface area contributed by atoms with Crippen molar-refractivity contribution in [2.45, 2.75) is 0 Å². The van der Waals surface area contributed by atoms with E-state index in [0.717, 1.165) is 23.5 Å². The number of thiazole rings is 1. The molecule has 0 N–H and O–H groups in total. The highest BCUT2D eigenvalue weighted by Gasteiger charge is 2.16. The quantitative estimate of drug-likeness (QED) is 0.790. The zero-order valence-corrected chi connectivity index (χ0v) is 9.13. The van der Waals surface area contributed by atoms with Crippen LogP contribution in [0.5, 0.6) is 0 Å². The van der Waals surface area contributed by atoms with Gasteiger partial charge in [-0.3, -0.25) is 9.59 Å². The summed E-state index contributed by atoms with van der Waals surface area (Å²) >= 11 is 0.958. The molecule has 0 atom stereocenters. The zero-order valence-electron chi connectivity index (χ0n) is 8.31. The van der Waals surface area contributed by atoms with Crippen molar-refractivity contribution in [1.29, 1.82) is 0 Å². The Bertz CT molecular complexity index is 572. The van der Waals surface area contributed by atoms with Crippen LogP contribution >= 0.6 is 11.3 Å². The SMILES string of the molecule is O=Cc1cc(F)c(-c2nc(C=O)cs2)c(F)c1. The van der Waals surface area contributed by atoms with Gasteiger partial charge in [0.2, 0.25) is 0 Å². The minimum absolute atomic E-state index is 0.0690. The van der Waals surface area contributed by atoms with Crippen molar-refractivity contribution in [3.05, 3.63) is 40.4 Å². The van der Waals surface area contributed by atoms with Gasteiger partial charge in [0.05, 0.1) is 5.56 Å². The van der Waals surface area contributed by atoms with Crippen molar-refractivity contribution >= 4 is 23.9 Å². The Morgan fingerprint density at radius 1 is 1.12 bits per heavy atom. The van der Waals surface area contributed by atoms with Crippen molar-refractivity contribution < 1.29 is 18.4 Å². The summed E-state index contributed by atoms with van der Waals surface area (Å²) in [5, 5.41) is 1.47. The van der Waals surface area contributed by atoms with Crippen LogP contribution in [0.3, 0.4) is 0 Å². The van der Waals surface area contributed by atoms with Gasteiger partial charge in [-0.25, -0.2) is 13.8 Å². The third-order valence-corrected chi connectivity index (χ3v) is 2.94. The molecule has 0 fully saturated rings. The molecule has 1 aromatic carbocycles. The summed E-state index contributed by atoms with van der Waals surface area (Å²) in [6.45, 7) is 0. The second kappa shape index (κ2) is 4.50. The highest BCUT2D eigenvalue weighted by atomic mass is 32.1. The smallest absolute Gasteiger partial charge is 0.169 e. The lowest BCUT2D eigenvalue weighted by Gasteiger charge is -2.02. The first kappa shape index (κ1) is 11.5. The molecule has 3 nitrogen and oxygen atoms in total. The van der Waals surface area contributed by atoms with Crippen molar-refractivity contribution in [2.24, 2.45) is 0 Å². The van der Waals surface area contributed by atoms with Crippen molar-refractivity contribution in [1.82, 2.24) is 4.98 Å². The van der Waals surface area contributed by atoms with Gasteiger partial charge in [0.1, 0.15) is 28.6 Å². The van der Waals surface area contributed by atoms with Gasteiger partial charge in [-0.1, -0.05) is 0 Å². The molecule has 0 radical (unpaired) electrons. The minimum atomic E-state index is -0.876. The number of aldehydes is 2. The van der Waals surface area contributed by atoms with E-state index in [2.05, 4.69) is 4.98 Å². The molecule has 17 heavy (non-hydrogen) atoms. The molecule has 0 aliphatic heterocycles. The molecule has 1 heterocycles. The van der Waals surface area contributed by atoms with Crippen LogP contribution in [-0.2, 0) is 0 Å². The molecule has 0 saturated heterocycles. The maximum Gasteiger partial charge on any atom is 0.169 e. The van der Waals surface area contributed by atoms with Gasteiger partial charge in [-0.2, -0.15) is 0 Å². The van der Waals surface area contributed by atoms with Gasteiger partial charge in [-0.05, 0) is 12.1 Å². The summed E-state index contributed by atoms with van der Waals surface area (Å²) in [4.78, 5) is 24.6. The van der Waals surface area contributed by atoms with Crippen LogP contribution in [0.1, 0.15) is 20.8 Å². The van der Waals surface area contributed by atoms with Crippen LogP contribution < -0.4 is 0 Å². The predicted molar refractivity (Wildman–Crippen MR) is 58.2 cm³/mol. The molecule has 2 aromatic rings. The van der Waals surface area contributed by atoms with Gasteiger partial charge in [0.25, 0.3) is 0 Å². The second-order valence-corrected chi connectivity index (χ2v) is 4.03. The fourth-order valence-electron chi connectivity index (χ4n) is 1.32. The number of aromatic nitrogens is 1. The fraction of sp³-hybridized carbons (Fsp3) is 0. The summed E-state index contributed by atoms with van der Waals surface area (Å²) in [5.41, 5.74) is -0.298. The molecule has 2 rings (SSSR count). The van der Waals surface area contributed by atoms with E-state index in [1.807, 2.05) is 0 Å². The Labute approximate surface area is 98.7 Å². The van der Waals surface area contributed by atoms with Gasteiger partial charge in [0.15, 0.2) is 6.29 Å². The van der Waals surface area contributed by atoms with Crippen LogP contribution in [0, 0.1) is 11.6 Å². The van der Waals surface area contributed by atoms with Crippen LogP contribution in [0.4, 0.5) is 8.78 Å². The minimum Gasteiger partial charge on any atom is -0.298 e. The molecule has 0 saturated carbocycles. The summed E-state index contributed by atoms with van der Waals surface area (Å²) in [6.07, 6.45) is 0.851. The number of rotatable bonds is 3. The maximum atomic E-state index is 13.6. The normalized spacial score (nSPS) is 10.2. The standard InChI is InChI=1S/C11H5F2NO2S/c12-8-1-6(3-15)2-9(13)10(8)11-14-7(4-16)5-17-11/h1-5H. The van der Waals surface area contributed by atoms with E-state index in [4.69, 9.17) is 0 Å². The predicted octanol–water partition coefficient (Wildman–Crippen LogP) is 2.71. The fourth-order valence-corrected chi connectivity index (χ4v) is 2.13. The third kappa shape index (κ3) is 2.12. The third-order valence-electron chi connectivity index (χ3n) is 2.06. The van der Waals surface area contributed by atoms with E-state index < -0.39 is 11.6 Å². The average molecular weight is 253 g/mol. The summed E-state index contributed by atoms with van der Waals surface area (Å²) in [7, 11) is 0. The Kier molecular flexibility index (Phi) is 3.06. The first-order valence-electron chi connectivity index (χ1n) is 4.51. The molecule has 0 aliphatic rings. The van der Waals surface area contributed by atoms with Gasteiger partial charge < -0.3 is 0 Å². The first-order valence-corrected chi connectivity index (χ1v) is 5.39. The number of hydrogen-bond acceptors (Lipinski definition) is 4. The highest BCUT2D eigenvalue weighted by Crippen LogP contribution is 2.29. The van der Waals surface area contributed by atoms with E-state index in [9.17, 15) is 18.4 Å². The number of hydrogen-bond donors (Lipinski definition) is 0. The topological polar surface area (TPSA) is 47.0 Å². The number of benzene rings is 1. The first-order chi connectivity index (χ1) is 8.15. The largest absolute Gasteiger partial charge is 0.298 e. The zero-order chi connectivity index (χ0) is 12.4. The molecule has 1 aromatic heterocycles. The maximum absolute atomic E-state index is 13.6. The number of halogens is 2. The molecule has 86 valence electrons. The molecule has 0 aliphatic carbocycles.